The number of likely N-dealkylation sites (N-methyl/N-ethyl adjacent to an activating group) is 1. The van der Waals surface area contributed by atoms with Gasteiger partial charge < -0.3 is 15.1 Å². The molecule has 1 heterocycles. The van der Waals surface area contributed by atoms with Crippen molar-refractivity contribution in [1.82, 2.24) is 9.88 Å². The second-order valence-corrected chi connectivity index (χ2v) is 4.85. The van der Waals surface area contributed by atoms with Gasteiger partial charge in [-0.1, -0.05) is 13.3 Å². The highest BCUT2D eigenvalue weighted by Gasteiger charge is 2.18. The van der Waals surface area contributed by atoms with Crippen LogP contribution in [0.15, 0.2) is 12.1 Å². The lowest BCUT2D eigenvalue weighted by molar-refractivity contribution is 0.0633. The molecule has 1 rings (SSSR count). The van der Waals surface area contributed by atoms with Crippen LogP contribution in [0, 0.1) is 0 Å². The number of carbonyl (C=O) groups is 1. The lowest BCUT2D eigenvalue weighted by Crippen LogP contribution is -2.38. The number of aromatic nitrogens is 1. The summed E-state index contributed by atoms with van der Waals surface area (Å²) in [5.74, 6) is 5.85. The number of nitrogen functional groups attached to an aromatic ring is 1. The third-order valence-corrected chi connectivity index (χ3v) is 3.17. The Hall–Kier alpha value is -1.66. The Balaban J connectivity index is 2.99. The lowest BCUT2D eigenvalue weighted by Gasteiger charge is -2.24. The number of anilines is 1. The molecular weight excluding hydrogens is 256 g/mol. The Labute approximate surface area is 120 Å². The van der Waals surface area contributed by atoms with Crippen molar-refractivity contribution in [2.75, 3.05) is 26.2 Å². The summed E-state index contributed by atoms with van der Waals surface area (Å²) in [7, 11) is 3.39. The van der Waals surface area contributed by atoms with Crippen molar-refractivity contribution in [3.05, 3.63) is 23.4 Å². The van der Waals surface area contributed by atoms with E-state index in [1.165, 1.54) is 0 Å². The molecule has 0 saturated heterocycles. The molecule has 0 bridgehead atoms. The summed E-state index contributed by atoms with van der Waals surface area (Å²) >= 11 is 0. The number of hydrazine groups is 1. The first kappa shape index (κ1) is 16.4. The number of nitrogens with two attached hydrogens (primary N) is 1. The maximum absolute atomic E-state index is 12.5. The average molecular weight is 280 g/mol. The number of aryl methyl sites for hydroxylation is 1. The standard InChI is InChI=1S/C14H24N4O2/c1-5-6-12-7-11(8-13(16-12)17-15)14(19)18(3)10(2)9-20-4/h7-8,10H,5-6,9,15H2,1-4H3,(H,16,17). The number of nitrogens with zero attached hydrogens (tertiary/aromatic N) is 2. The summed E-state index contributed by atoms with van der Waals surface area (Å²) < 4.78 is 5.08. The van der Waals surface area contributed by atoms with Crippen LogP contribution in [0.25, 0.3) is 0 Å². The first-order valence-electron chi connectivity index (χ1n) is 6.77. The van der Waals surface area contributed by atoms with Crippen molar-refractivity contribution >= 4 is 11.7 Å². The average Bonchev–Trinajstić information content (AvgIpc) is 2.45. The van der Waals surface area contributed by atoms with E-state index in [2.05, 4.69) is 17.3 Å². The van der Waals surface area contributed by atoms with Crippen LogP contribution in [0.5, 0.6) is 0 Å². The van der Waals surface area contributed by atoms with E-state index in [1.807, 2.05) is 13.0 Å². The van der Waals surface area contributed by atoms with Gasteiger partial charge in [-0.2, -0.15) is 0 Å². The van der Waals surface area contributed by atoms with E-state index in [4.69, 9.17) is 10.6 Å². The number of carbonyl (C=O) groups excluding carboxylic acids is 1. The van der Waals surface area contributed by atoms with E-state index >= 15 is 0 Å². The molecule has 0 spiro atoms. The first-order chi connectivity index (χ1) is 9.53. The quantitative estimate of drug-likeness (QED) is 0.583. The fourth-order valence-corrected chi connectivity index (χ4v) is 1.93. The van der Waals surface area contributed by atoms with Gasteiger partial charge in [-0.25, -0.2) is 10.8 Å². The molecule has 1 aromatic rings. The summed E-state index contributed by atoms with van der Waals surface area (Å²) in [5.41, 5.74) is 3.95. The molecule has 0 radical (unpaired) electrons. The van der Waals surface area contributed by atoms with Crippen molar-refractivity contribution in [3.63, 3.8) is 0 Å². The van der Waals surface area contributed by atoms with Gasteiger partial charge >= 0.3 is 0 Å². The maximum atomic E-state index is 12.5. The van der Waals surface area contributed by atoms with E-state index in [0.717, 1.165) is 18.5 Å². The van der Waals surface area contributed by atoms with Crippen LogP contribution in [-0.2, 0) is 11.2 Å². The fourth-order valence-electron chi connectivity index (χ4n) is 1.93. The summed E-state index contributed by atoms with van der Waals surface area (Å²) in [6.45, 7) is 4.51. The molecule has 0 fully saturated rings. The summed E-state index contributed by atoms with van der Waals surface area (Å²) in [4.78, 5) is 18.5. The lowest BCUT2D eigenvalue weighted by atomic mass is 10.1. The number of ether oxygens (including phenoxy) is 1. The van der Waals surface area contributed by atoms with Crippen LogP contribution < -0.4 is 11.3 Å². The topological polar surface area (TPSA) is 80.5 Å². The predicted octanol–water partition coefficient (Wildman–Crippen LogP) is 1.43. The van der Waals surface area contributed by atoms with E-state index < -0.39 is 0 Å². The second kappa shape index (κ2) is 7.81. The van der Waals surface area contributed by atoms with Crippen LogP contribution in [0.4, 0.5) is 5.82 Å². The second-order valence-electron chi connectivity index (χ2n) is 4.85. The molecule has 1 amide bonds. The van der Waals surface area contributed by atoms with E-state index in [-0.39, 0.29) is 11.9 Å². The number of pyridine rings is 1. The molecule has 0 aliphatic rings. The zero-order valence-corrected chi connectivity index (χ0v) is 12.6. The molecule has 6 heteroatoms. The molecule has 0 saturated carbocycles. The van der Waals surface area contributed by atoms with Crippen LogP contribution in [0.2, 0.25) is 0 Å². The van der Waals surface area contributed by atoms with Crippen molar-refractivity contribution in [1.29, 1.82) is 0 Å². The van der Waals surface area contributed by atoms with Gasteiger partial charge in [-0.15, -0.1) is 0 Å². The monoisotopic (exact) mass is 280 g/mol. The van der Waals surface area contributed by atoms with Crippen molar-refractivity contribution < 1.29 is 9.53 Å². The molecule has 1 unspecified atom stereocenters. The van der Waals surface area contributed by atoms with Gasteiger partial charge in [0.15, 0.2) is 0 Å². The van der Waals surface area contributed by atoms with Crippen molar-refractivity contribution in [3.8, 4) is 0 Å². The van der Waals surface area contributed by atoms with E-state index in [9.17, 15) is 4.79 Å². The summed E-state index contributed by atoms with van der Waals surface area (Å²) in [6, 6.07) is 3.49. The van der Waals surface area contributed by atoms with Gasteiger partial charge in [-0.05, 0) is 25.5 Å². The maximum Gasteiger partial charge on any atom is 0.254 e. The molecule has 0 aromatic carbocycles. The number of rotatable bonds is 7. The molecule has 0 aliphatic heterocycles. The van der Waals surface area contributed by atoms with Crippen molar-refractivity contribution in [2.24, 2.45) is 5.84 Å². The van der Waals surface area contributed by atoms with Gasteiger partial charge in [0.1, 0.15) is 5.82 Å². The number of nitrogens with one attached hydrogen (secondary N) is 1. The third-order valence-electron chi connectivity index (χ3n) is 3.17. The Morgan fingerprint density at radius 3 is 2.80 bits per heavy atom. The van der Waals surface area contributed by atoms with Crippen LogP contribution >= 0.6 is 0 Å². The number of hydrogen-bond donors (Lipinski definition) is 2. The Morgan fingerprint density at radius 2 is 2.25 bits per heavy atom. The molecular formula is C14H24N4O2. The zero-order valence-electron chi connectivity index (χ0n) is 12.6. The van der Waals surface area contributed by atoms with E-state index in [1.54, 1.807) is 25.1 Å². The molecule has 3 N–H and O–H groups in total. The number of hydrogen-bond acceptors (Lipinski definition) is 5. The minimum atomic E-state index is -0.0641. The minimum absolute atomic E-state index is 0.00424. The summed E-state index contributed by atoms with van der Waals surface area (Å²) in [6.07, 6.45) is 1.78. The highest BCUT2D eigenvalue weighted by molar-refractivity contribution is 5.95. The Morgan fingerprint density at radius 1 is 1.55 bits per heavy atom. The predicted molar refractivity (Wildman–Crippen MR) is 79.5 cm³/mol. The van der Waals surface area contributed by atoms with Gasteiger partial charge in [-0.3, -0.25) is 4.79 Å². The van der Waals surface area contributed by atoms with Gasteiger partial charge in [0.05, 0.1) is 12.6 Å². The Kier molecular flexibility index (Phi) is 6.41. The SMILES string of the molecule is CCCc1cc(C(=O)N(C)C(C)COC)cc(NN)n1. The molecule has 20 heavy (non-hydrogen) atoms. The minimum Gasteiger partial charge on any atom is -0.383 e. The van der Waals surface area contributed by atoms with Crippen LogP contribution in [0.1, 0.15) is 36.3 Å². The third kappa shape index (κ3) is 4.18. The highest BCUT2D eigenvalue weighted by atomic mass is 16.5. The highest BCUT2D eigenvalue weighted by Crippen LogP contribution is 2.14. The Bertz CT molecular complexity index is 451. The largest absolute Gasteiger partial charge is 0.383 e. The smallest absolute Gasteiger partial charge is 0.254 e. The van der Waals surface area contributed by atoms with Gasteiger partial charge in [0.25, 0.3) is 5.91 Å². The van der Waals surface area contributed by atoms with Crippen LogP contribution in [-0.4, -0.2) is 42.6 Å². The normalized spacial score (nSPS) is 12.1. The molecule has 112 valence electrons. The number of amides is 1. The fraction of sp³-hybridized carbons (Fsp3) is 0.571. The molecule has 0 aliphatic carbocycles. The number of methoxy groups -OCH3 is 1. The van der Waals surface area contributed by atoms with Gasteiger partial charge in [0.2, 0.25) is 0 Å². The zero-order chi connectivity index (χ0) is 15.1. The molecule has 6 nitrogen and oxygen atoms in total. The van der Waals surface area contributed by atoms with Gasteiger partial charge in [0, 0.05) is 25.4 Å². The molecule has 1 aromatic heterocycles. The van der Waals surface area contributed by atoms with Crippen LogP contribution in [0.3, 0.4) is 0 Å². The van der Waals surface area contributed by atoms with E-state index in [0.29, 0.717) is 18.0 Å². The summed E-state index contributed by atoms with van der Waals surface area (Å²) in [5, 5.41) is 0. The molecule has 1 atom stereocenters. The van der Waals surface area contributed by atoms with Crippen molar-refractivity contribution in [2.45, 2.75) is 32.7 Å². The first-order valence-corrected chi connectivity index (χ1v) is 6.77.